The first-order chi connectivity index (χ1) is 13.9. The Labute approximate surface area is 209 Å². The molecule has 3 aliphatic carbocycles. The molecule has 0 aliphatic heterocycles. The topological polar surface area (TPSA) is 0 Å². The third kappa shape index (κ3) is 19.6. The molecule has 0 aromatic carbocycles. The first-order valence-electron chi connectivity index (χ1n) is 12.2. The van der Waals surface area contributed by atoms with Gasteiger partial charge in [-0.15, -0.1) is 0 Å². The Morgan fingerprint density at radius 3 is 1.30 bits per heavy atom. The van der Waals surface area contributed by atoms with Crippen LogP contribution in [0.15, 0.2) is 24.3 Å². The summed E-state index contributed by atoms with van der Waals surface area (Å²) in [6.07, 6.45) is 37.1. The molecule has 2 saturated carbocycles. The maximum atomic E-state index is 4.93. The fraction of sp³-hybridized carbons (Fsp3) is 0.778. The molecule has 3 heteroatoms. The summed E-state index contributed by atoms with van der Waals surface area (Å²) in [4.78, 5) is 0. The van der Waals surface area contributed by atoms with Gasteiger partial charge in [0.15, 0.2) is 0 Å². The molecule has 30 heavy (non-hydrogen) atoms. The van der Waals surface area contributed by atoms with Crippen molar-refractivity contribution in [3.8, 4) is 0 Å². The van der Waals surface area contributed by atoms with Gasteiger partial charge in [-0.1, -0.05) is 121 Å². The molecule has 1 atom stereocenters. The third-order valence-corrected chi connectivity index (χ3v) is 6.60. The second-order valence-electron chi connectivity index (χ2n) is 8.78. The standard InChI is InChI=1S/C20H34.C5H10.2CH3.2ClH.Zr/c1-2-4-6-8-10-12-16-19(20-17-13-14-18-20)15-11-9-7-5-3-1;1-2-4-5-3-1;;;;;/h3,5,7,9,19-20H,1-2,4,6,8,10-18H2;1-5H2;2*1H3;2*1H;/q;;2*-1;;;+4/p-2. The summed E-state index contributed by atoms with van der Waals surface area (Å²) in [5, 5.41) is 0. The van der Waals surface area contributed by atoms with E-state index in [0.29, 0.717) is 0 Å². The van der Waals surface area contributed by atoms with Crippen molar-refractivity contribution >= 4 is 17.0 Å². The molecule has 0 N–H and O–H groups in total. The summed E-state index contributed by atoms with van der Waals surface area (Å²) in [5.74, 6) is 2.09. The Bertz CT molecular complexity index is 363. The van der Waals surface area contributed by atoms with Gasteiger partial charge >= 0.3 is 37.9 Å². The van der Waals surface area contributed by atoms with Crippen molar-refractivity contribution in [3.05, 3.63) is 39.2 Å². The van der Waals surface area contributed by atoms with Crippen LogP contribution in [0.5, 0.6) is 0 Å². The number of hydrogen-bond acceptors (Lipinski definition) is 0. The van der Waals surface area contributed by atoms with Crippen molar-refractivity contribution in [1.82, 2.24) is 0 Å². The van der Waals surface area contributed by atoms with E-state index in [0.717, 1.165) is 11.8 Å². The minimum atomic E-state index is -0.826. The fourth-order valence-electron chi connectivity index (χ4n) is 4.96. The molecule has 0 aromatic rings. The molecule has 2 fully saturated rings. The number of halogens is 2. The quantitative estimate of drug-likeness (QED) is 0.292. The minimum absolute atomic E-state index is 0. The Morgan fingerprint density at radius 2 is 0.800 bits per heavy atom. The second kappa shape index (κ2) is 26.2. The normalized spacial score (nSPS) is 23.1. The molecule has 3 aliphatic rings. The number of allylic oxidation sites excluding steroid dienone is 4. The molecule has 0 saturated heterocycles. The van der Waals surface area contributed by atoms with Crippen LogP contribution in [0.2, 0.25) is 0 Å². The third-order valence-electron chi connectivity index (χ3n) is 6.60. The molecular formula is C27H50Cl2Zr. The maximum absolute atomic E-state index is 4.93. The summed E-state index contributed by atoms with van der Waals surface area (Å²) in [5.41, 5.74) is 0. The summed E-state index contributed by atoms with van der Waals surface area (Å²) < 4.78 is 0. The van der Waals surface area contributed by atoms with Crippen LogP contribution < -0.4 is 0 Å². The van der Waals surface area contributed by atoms with Gasteiger partial charge in [-0.05, 0) is 37.5 Å². The van der Waals surface area contributed by atoms with Gasteiger partial charge in [-0.25, -0.2) is 0 Å². The molecule has 176 valence electrons. The summed E-state index contributed by atoms with van der Waals surface area (Å²) >= 11 is -0.826. The van der Waals surface area contributed by atoms with Gasteiger partial charge in [0, 0.05) is 0 Å². The van der Waals surface area contributed by atoms with E-state index in [1.807, 2.05) is 0 Å². The van der Waals surface area contributed by atoms with E-state index in [9.17, 15) is 0 Å². The summed E-state index contributed by atoms with van der Waals surface area (Å²) in [6.45, 7) is 0. The van der Waals surface area contributed by atoms with Crippen LogP contribution in [0.25, 0.3) is 0 Å². The van der Waals surface area contributed by atoms with E-state index in [1.165, 1.54) is 122 Å². The Hall–Kier alpha value is 0.943. The van der Waals surface area contributed by atoms with Gasteiger partial charge < -0.3 is 14.9 Å². The molecule has 0 nitrogen and oxygen atoms in total. The predicted molar refractivity (Wildman–Crippen MR) is 138 cm³/mol. The van der Waals surface area contributed by atoms with Gasteiger partial charge in [-0.2, -0.15) is 0 Å². The number of rotatable bonds is 1. The number of hydrogen-bond donors (Lipinski definition) is 0. The van der Waals surface area contributed by atoms with Gasteiger partial charge in [0.1, 0.15) is 0 Å². The summed E-state index contributed by atoms with van der Waals surface area (Å²) in [6, 6.07) is 0. The zero-order valence-corrected chi connectivity index (χ0v) is 24.1. The van der Waals surface area contributed by atoms with Gasteiger partial charge in [0.2, 0.25) is 0 Å². The van der Waals surface area contributed by atoms with E-state index in [-0.39, 0.29) is 14.9 Å². The van der Waals surface area contributed by atoms with Crippen LogP contribution in [0, 0.1) is 26.7 Å². The van der Waals surface area contributed by atoms with Gasteiger partial charge in [-0.3, -0.25) is 0 Å². The molecule has 0 bridgehead atoms. The van der Waals surface area contributed by atoms with E-state index in [1.54, 1.807) is 0 Å². The first-order valence-corrected chi connectivity index (χ1v) is 18.5. The Morgan fingerprint density at radius 1 is 0.467 bits per heavy atom. The molecule has 0 aromatic heterocycles. The van der Waals surface area contributed by atoms with Crippen molar-refractivity contribution in [3.63, 3.8) is 0 Å². The zero-order valence-electron chi connectivity index (χ0n) is 20.2. The molecule has 0 heterocycles. The fourth-order valence-corrected chi connectivity index (χ4v) is 4.96. The van der Waals surface area contributed by atoms with Gasteiger partial charge in [0.05, 0.1) is 0 Å². The van der Waals surface area contributed by atoms with Crippen molar-refractivity contribution in [2.45, 2.75) is 122 Å². The average Bonchev–Trinajstić information content (AvgIpc) is 3.42. The van der Waals surface area contributed by atoms with Crippen molar-refractivity contribution in [2.75, 3.05) is 0 Å². The molecule has 0 amide bonds. The Balaban J connectivity index is 0. The van der Waals surface area contributed by atoms with Crippen LogP contribution >= 0.6 is 17.0 Å². The van der Waals surface area contributed by atoms with Crippen molar-refractivity contribution in [2.24, 2.45) is 11.8 Å². The molecule has 1 unspecified atom stereocenters. The van der Waals surface area contributed by atoms with Gasteiger partial charge in [0.25, 0.3) is 0 Å². The van der Waals surface area contributed by atoms with Crippen LogP contribution in [-0.4, -0.2) is 0 Å². The molecule has 0 radical (unpaired) electrons. The first kappa shape index (κ1) is 33.1. The van der Waals surface area contributed by atoms with Crippen molar-refractivity contribution < 1.29 is 20.8 Å². The average molecular weight is 537 g/mol. The molecule has 0 spiro atoms. The zero-order chi connectivity index (χ0) is 20.1. The monoisotopic (exact) mass is 534 g/mol. The van der Waals surface area contributed by atoms with E-state index >= 15 is 0 Å². The van der Waals surface area contributed by atoms with Crippen LogP contribution in [0.3, 0.4) is 0 Å². The van der Waals surface area contributed by atoms with Crippen LogP contribution in [0.1, 0.15) is 122 Å². The predicted octanol–water partition coefficient (Wildman–Crippen LogP) is 11.0. The second-order valence-corrected chi connectivity index (χ2v) is 12.5. The van der Waals surface area contributed by atoms with E-state index in [4.69, 9.17) is 17.0 Å². The van der Waals surface area contributed by atoms with Crippen LogP contribution in [0.4, 0.5) is 0 Å². The SMILES string of the molecule is C1=CCCCCCCCCC(C2CCCC2)CCC=C1.C1CCCC1.[CH3-].[CH3-].[Cl][Zr+2][Cl]. The van der Waals surface area contributed by atoms with E-state index in [2.05, 4.69) is 24.3 Å². The summed E-state index contributed by atoms with van der Waals surface area (Å²) in [7, 11) is 9.87. The molecular weight excluding hydrogens is 486 g/mol. The van der Waals surface area contributed by atoms with E-state index < -0.39 is 20.8 Å². The Kier molecular flexibility index (Phi) is 28.9. The van der Waals surface area contributed by atoms with Crippen LogP contribution in [-0.2, 0) is 20.8 Å². The van der Waals surface area contributed by atoms with Crippen molar-refractivity contribution in [1.29, 1.82) is 0 Å². The molecule has 3 rings (SSSR count).